The molecule has 0 atom stereocenters. The molecule has 0 unspecified atom stereocenters. The molecule has 1 aromatic carbocycles. The van der Waals surface area contributed by atoms with Crippen molar-refractivity contribution >= 4 is 11.4 Å². The lowest BCUT2D eigenvalue weighted by molar-refractivity contribution is 0.740. The molecule has 1 aliphatic rings. The molecule has 72 valence electrons. The fourth-order valence-corrected chi connectivity index (χ4v) is 1.56. The van der Waals surface area contributed by atoms with Crippen LogP contribution in [0.2, 0.25) is 0 Å². The Bertz CT molecular complexity index is 400. The van der Waals surface area contributed by atoms with Crippen LogP contribution in [0.4, 0.5) is 0 Å². The summed E-state index contributed by atoms with van der Waals surface area (Å²) < 4.78 is 0. The van der Waals surface area contributed by atoms with Gasteiger partial charge in [0.2, 0.25) is 0 Å². The first kappa shape index (κ1) is 9.13. The molecule has 0 N–H and O–H groups in total. The van der Waals surface area contributed by atoms with Gasteiger partial charge in [-0.1, -0.05) is 30.3 Å². The van der Waals surface area contributed by atoms with Gasteiger partial charge in [-0.25, -0.2) is 0 Å². The van der Waals surface area contributed by atoms with E-state index in [1.165, 1.54) is 0 Å². The first-order chi connectivity index (χ1) is 6.62. The lowest BCUT2D eigenvalue weighted by Gasteiger charge is -2.20. The standard InChI is InChI=1S/C12H14N2/c1-9-12(2,3)11(14-13-9)10-7-5-4-6-8-10/h4-8H,1-3H3. The Kier molecular flexibility index (Phi) is 1.99. The average molecular weight is 186 g/mol. The smallest absolute Gasteiger partial charge is 0.0815 e. The van der Waals surface area contributed by atoms with Crippen molar-refractivity contribution in [2.45, 2.75) is 20.8 Å². The molecular formula is C12H14N2. The van der Waals surface area contributed by atoms with Crippen LogP contribution in [0.3, 0.4) is 0 Å². The highest BCUT2D eigenvalue weighted by atomic mass is 15.2. The predicted octanol–water partition coefficient (Wildman–Crippen LogP) is 2.89. The molecule has 0 radical (unpaired) electrons. The van der Waals surface area contributed by atoms with Crippen molar-refractivity contribution in [1.29, 1.82) is 0 Å². The maximum Gasteiger partial charge on any atom is 0.0815 e. The molecule has 0 aliphatic carbocycles. The summed E-state index contributed by atoms with van der Waals surface area (Å²) in [5, 5.41) is 8.40. The molecule has 1 aromatic rings. The van der Waals surface area contributed by atoms with Crippen LogP contribution in [0.25, 0.3) is 0 Å². The van der Waals surface area contributed by atoms with Gasteiger partial charge in [0.15, 0.2) is 0 Å². The molecule has 0 amide bonds. The summed E-state index contributed by atoms with van der Waals surface area (Å²) >= 11 is 0. The van der Waals surface area contributed by atoms with Crippen molar-refractivity contribution in [3.63, 3.8) is 0 Å². The molecule has 2 heteroatoms. The fourth-order valence-electron chi connectivity index (χ4n) is 1.56. The molecule has 1 aliphatic heterocycles. The minimum atomic E-state index is -0.0264. The summed E-state index contributed by atoms with van der Waals surface area (Å²) in [6.45, 7) is 6.34. The number of nitrogens with zero attached hydrogens (tertiary/aromatic N) is 2. The van der Waals surface area contributed by atoms with E-state index in [1.54, 1.807) is 0 Å². The lowest BCUT2D eigenvalue weighted by atomic mass is 9.80. The van der Waals surface area contributed by atoms with Crippen LogP contribution in [-0.2, 0) is 0 Å². The zero-order valence-corrected chi connectivity index (χ0v) is 8.78. The van der Waals surface area contributed by atoms with E-state index in [4.69, 9.17) is 0 Å². The zero-order chi connectivity index (χ0) is 10.2. The Labute approximate surface area is 84.4 Å². The van der Waals surface area contributed by atoms with Crippen LogP contribution >= 0.6 is 0 Å². The van der Waals surface area contributed by atoms with E-state index in [0.29, 0.717) is 0 Å². The quantitative estimate of drug-likeness (QED) is 0.644. The molecule has 0 saturated carbocycles. The predicted molar refractivity (Wildman–Crippen MR) is 59.9 cm³/mol. The highest BCUT2D eigenvalue weighted by Crippen LogP contribution is 2.29. The van der Waals surface area contributed by atoms with Crippen molar-refractivity contribution in [2.75, 3.05) is 0 Å². The van der Waals surface area contributed by atoms with E-state index < -0.39 is 0 Å². The fraction of sp³-hybridized carbons (Fsp3) is 0.333. The van der Waals surface area contributed by atoms with E-state index in [-0.39, 0.29) is 5.41 Å². The SMILES string of the molecule is CC1=NN=C(c2ccccc2)C1(C)C. The van der Waals surface area contributed by atoms with Crippen LogP contribution in [0.15, 0.2) is 40.5 Å². The molecule has 0 aromatic heterocycles. The molecule has 0 spiro atoms. The third-order valence-electron chi connectivity index (χ3n) is 2.84. The average Bonchev–Trinajstić information content (AvgIpc) is 2.44. The summed E-state index contributed by atoms with van der Waals surface area (Å²) in [6, 6.07) is 10.2. The monoisotopic (exact) mass is 186 g/mol. The normalized spacial score (nSPS) is 19.1. The Morgan fingerprint density at radius 1 is 1.00 bits per heavy atom. The second-order valence-electron chi connectivity index (χ2n) is 4.13. The summed E-state index contributed by atoms with van der Waals surface area (Å²) in [5.41, 5.74) is 3.28. The van der Waals surface area contributed by atoms with Crippen molar-refractivity contribution < 1.29 is 0 Å². The topological polar surface area (TPSA) is 24.7 Å². The highest BCUT2D eigenvalue weighted by Gasteiger charge is 2.33. The van der Waals surface area contributed by atoms with Gasteiger partial charge < -0.3 is 0 Å². The Hall–Kier alpha value is -1.44. The van der Waals surface area contributed by atoms with Crippen molar-refractivity contribution in [3.05, 3.63) is 35.9 Å². The van der Waals surface area contributed by atoms with Crippen LogP contribution in [0, 0.1) is 5.41 Å². The van der Waals surface area contributed by atoms with Crippen molar-refractivity contribution in [1.82, 2.24) is 0 Å². The van der Waals surface area contributed by atoms with E-state index in [1.807, 2.05) is 25.1 Å². The lowest BCUT2D eigenvalue weighted by Crippen LogP contribution is -2.28. The Morgan fingerprint density at radius 2 is 1.64 bits per heavy atom. The Balaban J connectivity index is 2.41. The molecule has 0 bridgehead atoms. The van der Waals surface area contributed by atoms with Gasteiger partial charge in [-0.2, -0.15) is 10.2 Å². The van der Waals surface area contributed by atoms with E-state index in [0.717, 1.165) is 17.0 Å². The first-order valence-corrected chi connectivity index (χ1v) is 4.81. The van der Waals surface area contributed by atoms with Gasteiger partial charge in [-0.15, -0.1) is 0 Å². The summed E-state index contributed by atoms with van der Waals surface area (Å²) in [5.74, 6) is 0. The second kappa shape index (κ2) is 3.05. The molecule has 14 heavy (non-hydrogen) atoms. The van der Waals surface area contributed by atoms with Gasteiger partial charge >= 0.3 is 0 Å². The maximum absolute atomic E-state index is 4.24. The van der Waals surface area contributed by atoms with Gasteiger partial charge in [0.1, 0.15) is 0 Å². The minimum absolute atomic E-state index is 0.0264. The zero-order valence-electron chi connectivity index (χ0n) is 8.78. The van der Waals surface area contributed by atoms with E-state index in [2.05, 4.69) is 36.2 Å². The highest BCUT2D eigenvalue weighted by molar-refractivity contribution is 6.19. The van der Waals surface area contributed by atoms with Crippen LogP contribution < -0.4 is 0 Å². The molecule has 0 saturated heterocycles. The van der Waals surface area contributed by atoms with Crippen LogP contribution in [0.1, 0.15) is 26.3 Å². The largest absolute Gasteiger partial charge is 0.159 e. The second-order valence-corrected chi connectivity index (χ2v) is 4.13. The minimum Gasteiger partial charge on any atom is -0.159 e. The molecule has 0 fully saturated rings. The number of hydrogen-bond acceptors (Lipinski definition) is 2. The molecular weight excluding hydrogens is 172 g/mol. The third-order valence-corrected chi connectivity index (χ3v) is 2.84. The van der Waals surface area contributed by atoms with Crippen LogP contribution in [0.5, 0.6) is 0 Å². The molecule has 2 rings (SSSR count). The third kappa shape index (κ3) is 1.27. The number of benzene rings is 1. The first-order valence-electron chi connectivity index (χ1n) is 4.81. The molecule has 2 nitrogen and oxygen atoms in total. The number of rotatable bonds is 1. The van der Waals surface area contributed by atoms with Gasteiger partial charge in [-0.05, 0) is 26.3 Å². The van der Waals surface area contributed by atoms with Crippen molar-refractivity contribution in [3.8, 4) is 0 Å². The van der Waals surface area contributed by atoms with Crippen LogP contribution in [-0.4, -0.2) is 11.4 Å². The summed E-state index contributed by atoms with van der Waals surface area (Å²) in [4.78, 5) is 0. The summed E-state index contributed by atoms with van der Waals surface area (Å²) in [6.07, 6.45) is 0. The van der Waals surface area contributed by atoms with Gasteiger partial charge in [-0.3, -0.25) is 0 Å². The summed E-state index contributed by atoms with van der Waals surface area (Å²) in [7, 11) is 0. The van der Waals surface area contributed by atoms with E-state index in [9.17, 15) is 0 Å². The van der Waals surface area contributed by atoms with Gasteiger partial charge in [0, 0.05) is 11.1 Å². The van der Waals surface area contributed by atoms with Crippen molar-refractivity contribution in [2.24, 2.45) is 15.6 Å². The molecule has 1 heterocycles. The Morgan fingerprint density at radius 3 is 2.14 bits per heavy atom. The van der Waals surface area contributed by atoms with E-state index >= 15 is 0 Å². The van der Waals surface area contributed by atoms with Gasteiger partial charge in [0.05, 0.1) is 5.71 Å². The van der Waals surface area contributed by atoms with Gasteiger partial charge in [0.25, 0.3) is 0 Å². The number of hydrogen-bond donors (Lipinski definition) is 0. The maximum atomic E-state index is 4.24.